The number of phenolic OH excluding ortho intramolecular Hbond substituents is 1. The van der Waals surface area contributed by atoms with Gasteiger partial charge in [0, 0.05) is 13.1 Å². The number of rotatable bonds is 4. The normalized spacial score (nSPS) is 23.6. The molecule has 1 aromatic carbocycles. The quantitative estimate of drug-likeness (QED) is 0.920. The first kappa shape index (κ1) is 15.0. The highest BCUT2D eigenvalue weighted by Gasteiger charge is 2.23. The number of ether oxygens (including phenoxy) is 2. The molecule has 20 heavy (non-hydrogen) atoms. The van der Waals surface area contributed by atoms with Crippen molar-refractivity contribution in [3.05, 3.63) is 17.7 Å². The third-order valence-corrected chi connectivity index (χ3v) is 4.36. The number of phenols is 1. The van der Waals surface area contributed by atoms with E-state index < -0.39 is 0 Å². The second-order valence-corrected chi connectivity index (χ2v) is 5.83. The molecule has 2 unspecified atom stereocenters. The molecule has 1 aliphatic heterocycles. The van der Waals surface area contributed by atoms with Crippen molar-refractivity contribution in [2.24, 2.45) is 11.8 Å². The second kappa shape index (κ2) is 6.35. The summed E-state index contributed by atoms with van der Waals surface area (Å²) in [5.41, 5.74) is 1.11. The minimum absolute atomic E-state index is 0.0689. The van der Waals surface area contributed by atoms with Crippen LogP contribution in [0.4, 0.5) is 0 Å². The largest absolute Gasteiger partial charge is 0.502 e. The molecule has 0 aliphatic carbocycles. The van der Waals surface area contributed by atoms with E-state index in [1.54, 1.807) is 14.2 Å². The molecular weight excluding hydrogens is 254 g/mol. The van der Waals surface area contributed by atoms with Crippen LogP contribution in [0.15, 0.2) is 12.1 Å². The molecule has 0 amide bonds. The highest BCUT2D eigenvalue weighted by atomic mass is 16.5. The van der Waals surface area contributed by atoms with Crippen LogP contribution in [0.2, 0.25) is 0 Å². The molecule has 2 rings (SSSR count). The Hall–Kier alpha value is -1.42. The molecular formula is C16H25NO3. The van der Waals surface area contributed by atoms with Gasteiger partial charge in [0.05, 0.1) is 14.2 Å². The highest BCUT2D eigenvalue weighted by molar-refractivity contribution is 5.52. The van der Waals surface area contributed by atoms with Crippen LogP contribution >= 0.6 is 0 Å². The van der Waals surface area contributed by atoms with Crippen molar-refractivity contribution < 1.29 is 14.6 Å². The van der Waals surface area contributed by atoms with Crippen LogP contribution in [-0.2, 0) is 6.54 Å². The Morgan fingerprint density at radius 1 is 1.15 bits per heavy atom. The highest BCUT2D eigenvalue weighted by Crippen LogP contribution is 2.37. The van der Waals surface area contributed by atoms with Crippen molar-refractivity contribution in [3.8, 4) is 17.2 Å². The van der Waals surface area contributed by atoms with E-state index in [-0.39, 0.29) is 5.75 Å². The molecule has 0 saturated carbocycles. The van der Waals surface area contributed by atoms with Gasteiger partial charge in [0.1, 0.15) is 0 Å². The van der Waals surface area contributed by atoms with Gasteiger partial charge in [-0.25, -0.2) is 0 Å². The van der Waals surface area contributed by atoms with E-state index in [0.717, 1.165) is 37.0 Å². The van der Waals surface area contributed by atoms with Crippen LogP contribution in [0.25, 0.3) is 0 Å². The van der Waals surface area contributed by atoms with E-state index in [2.05, 4.69) is 18.7 Å². The summed E-state index contributed by atoms with van der Waals surface area (Å²) in [5, 5.41) is 9.93. The smallest absolute Gasteiger partial charge is 0.200 e. The maximum Gasteiger partial charge on any atom is 0.200 e. The van der Waals surface area contributed by atoms with Gasteiger partial charge in [0.25, 0.3) is 0 Å². The lowest BCUT2D eigenvalue weighted by molar-refractivity contribution is 0.132. The van der Waals surface area contributed by atoms with Crippen molar-refractivity contribution in [2.75, 3.05) is 27.3 Å². The van der Waals surface area contributed by atoms with Gasteiger partial charge in [-0.2, -0.15) is 0 Å². The van der Waals surface area contributed by atoms with E-state index in [0.29, 0.717) is 11.5 Å². The predicted octanol–water partition coefficient (Wildman–Crippen LogP) is 2.89. The number of hydrogen-bond acceptors (Lipinski definition) is 4. The number of likely N-dealkylation sites (tertiary alicyclic amines) is 1. The Balaban J connectivity index is 2.13. The number of piperidine rings is 1. The molecule has 1 fully saturated rings. The number of hydrogen-bond donors (Lipinski definition) is 1. The molecule has 0 bridgehead atoms. The lowest BCUT2D eigenvalue weighted by Gasteiger charge is -2.35. The second-order valence-electron chi connectivity index (χ2n) is 5.83. The third-order valence-electron chi connectivity index (χ3n) is 4.36. The zero-order valence-electron chi connectivity index (χ0n) is 12.8. The molecule has 4 heteroatoms. The average Bonchev–Trinajstić information content (AvgIpc) is 2.44. The predicted molar refractivity (Wildman–Crippen MR) is 79.4 cm³/mol. The summed E-state index contributed by atoms with van der Waals surface area (Å²) in [6.45, 7) is 7.75. The molecule has 0 radical (unpaired) electrons. The summed E-state index contributed by atoms with van der Waals surface area (Å²) >= 11 is 0. The molecule has 4 nitrogen and oxygen atoms in total. The molecule has 1 saturated heterocycles. The molecule has 1 aliphatic rings. The van der Waals surface area contributed by atoms with Gasteiger partial charge in [-0.3, -0.25) is 4.90 Å². The number of nitrogens with zero attached hydrogens (tertiary/aromatic N) is 1. The summed E-state index contributed by atoms with van der Waals surface area (Å²) in [6.07, 6.45) is 1.24. The summed E-state index contributed by atoms with van der Waals surface area (Å²) < 4.78 is 10.4. The standard InChI is InChI=1S/C16H25NO3/c1-11-5-6-17(9-12(11)2)10-13-7-14(19-3)16(18)15(8-13)20-4/h7-8,11-12,18H,5-6,9-10H2,1-4H3. The van der Waals surface area contributed by atoms with Gasteiger partial charge in [0.2, 0.25) is 5.75 Å². The van der Waals surface area contributed by atoms with Crippen molar-refractivity contribution in [1.29, 1.82) is 0 Å². The molecule has 1 heterocycles. The minimum Gasteiger partial charge on any atom is -0.502 e. The number of methoxy groups -OCH3 is 2. The topological polar surface area (TPSA) is 41.9 Å². The van der Waals surface area contributed by atoms with Crippen LogP contribution in [0.1, 0.15) is 25.8 Å². The number of aromatic hydroxyl groups is 1. The van der Waals surface area contributed by atoms with Crippen molar-refractivity contribution >= 4 is 0 Å². The van der Waals surface area contributed by atoms with Crippen molar-refractivity contribution in [1.82, 2.24) is 4.90 Å². The van der Waals surface area contributed by atoms with Gasteiger partial charge in [0.15, 0.2) is 11.5 Å². The molecule has 1 aromatic rings. The summed E-state index contributed by atoms with van der Waals surface area (Å²) in [4.78, 5) is 2.45. The van der Waals surface area contributed by atoms with Gasteiger partial charge < -0.3 is 14.6 Å². The zero-order chi connectivity index (χ0) is 14.7. The van der Waals surface area contributed by atoms with E-state index in [1.807, 2.05) is 12.1 Å². The molecule has 2 atom stereocenters. The molecule has 0 spiro atoms. The zero-order valence-corrected chi connectivity index (χ0v) is 12.8. The fourth-order valence-corrected chi connectivity index (χ4v) is 2.79. The van der Waals surface area contributed by atoms with Crippen LogP contribution < -0.4 is 9.47 Å². The Labute approximate surface area is 121 Å². The summed E-state index contributed by atoms with van der Waals surface area (Å²) in [7, 11) is 3.12. The first-order valence-electron chi connectivity index (χ1n) is 7.21. The maximum absolute atomic E-state index is 9.93. The van der Waals surface area contributed by atoms with Gasteiger partial charge in [-0.1, -0.05) is 13.8 Å². The first-order chi connectivity index (χ1) is 9.55. The van der Waals surface area contributed by atoms with E-state index in [1.165, 1.54) is 6.42 Å². The third kappa shape index (κ3) is 3.18. The van der Waals surface area contributed by atoms with Crippen LogP contribution in [-0.4, -0.2) is 37.3 Å². The Bertz CT molecular complexity index is 436. The first-order valence-corrected chi connectivity index (χ1v) is 7.21. The maximum atomic E-state index is 9.93. The van der Waals surface area contributed by atoms with Crippen LogP contribution in [0.3, 0.4) is 0 Å². The Morgan fingerprint density at radius 2 is 1.75 bits per heavy atom. The van der Waals surface area contributed by atoms with Crippen LogP contribution in [0, 0.1) is 11.8 Å². The van der Waals surface area contributed by atoms with Crippen molar-refractivity contribution in [2.45, 2.75) is 26.8 Å². The van der Waals surface area contributed by atoms with Crippen molar-refractivity contribution in [3.63, 3.8) is 0 Å². The minimum atomic E-state index is 0.0689. The monoisotopic (exact) mass is 279 g/mol. The lowest BCUT2D eigenvalue weighted by atomic mass is 9.88. The van der Waals surface area contributed by atoms with Crippen LogP contribution in [0.5, 0.6) is 17.2 Å². The molecule has 1 N–H and O–H groups in total. The van der Waals surface area contributed by atoms with E-state index in [4.69, 9.17) is 9.47 Å². The Kier molecular flexibility index (Phi) is 4.76. The lowest BCUT2D eigenvalue weighted by Crippen LogP contribution is -2.37. The number of benzene rings is 1. The van der Waals surface area contributed by atoms with Gasteiger partial charge >= 0.3 is 0 Å². The summed E-state index contributed by atoms with van der Waals surface area (Å²) in [6, 6.07) is 3.78. The molecule has 0 aromatic heterocycles. The summed E-state index contributed by atoms with van der Waals surface area (Å²) in [5.74, 6) is 2.54. The van der Waals surface area contributed by atoms with Gasteiger partial charge in [-0.05, 0) is 42.5 Å². The average molecular weight is 279 g/mol. The Morgan fingerprint density at radius 3 is 2.25 bits per heavy atom. The fraction of sp³-hybridized carbons (Fsp3) is 0.625. The van der Waals surface area contributed by atoms with E-state index >= 15 is 0 Å². The van der Waals surface area contributed by atoms with E-state index in [9.17, 15) is 5.11 Å². The molecule has 112 valence electrons. The SMILES string of the molecule is COc1cc(CN2CCC(C)C(C)C2)cc(OC)c1O. The van der Waals surface area contributed by atoms with Gasteiger partial charge in [-0.15, -0.1) is 0 Å². The fourth-order valence-electron chi connectivity index (χ4n) is 2.79.